The zero-order valence-electron chi connectivity index (χ0n) is 11.4. The van der Waals surface area contributed by atoms with Gasteiger partial charge in [0.05, 0.1) is 36.9 Å². The highest BCUT2D eigenvalue weighted by atomic mass is 16.5. The van der Waals surface area contributed by atoms with Gasteiger partial charge in [-0.3, -0.25) is 9.97 Å². The molecular weight excluding hydrogens is 240 g/mol. The Labute approximate surface area is 113 Å². The van der Waals surface area contributed by atoms with Gasteiger partial charge in [-0.05, 0) is 13.0 Å². The number of nitrogens with zero attached hydrogens (tertiary/aromatic N) is 3. The third-order valence-electron chi connectivity index (χ3n) is 2.85. The van der Waals surface area contributed by atoms with Crippen LogP contribution in [0.5, 0.6) is 5.75 Å². The minimum absolute atomic E-state index is 0.657. The van der Waals surface area contributed by atoms with E-state index in [-0.39, 0.29) is 0 Å². The predicted molar refractivity (Wildman–Crippen MR) is 76.3 cm³/mol. The second-order valence-electron chi connectivity index (χ2n) is 4.43. The average Bonchev–Trinajstić information content (AvgIpc) is 2.38. The molecule has 0 aromatic carbocycles. The number of hydrogen-bond donors (Lipinski definition) is 1. The zero-order chi connectivity index (χ0) is 13.8. The van der Waals surface area contributed by atoms with Gasteiger partial charge in [-0.2, -0.15) is 0 Å². The van der Waals surface area contributed by atoms with Crippen LogP contribution in [0.3, 0.4) is 0 Å². The molecule has 5 heteroatoms. The van der Waals surface area contributed by atoms with Crippen molar-refractivity contribution in [3.63, 3.8) is 0 Å². The molecule has 0 atom stereocenters. The first-order chi connectivity index (χ1) is 9.10. The molecule has 2 heterocycles. The Bertz CT molecular complexity index is 571. The lowest BCUT2D eigenvalue weighted by Crippen LogP contribution is -2.18. The molecule has 0 aliphatic carbocycles. The Balaban J connectivity index is 2.21. The largest absolute Gasteiger partial charge is 0.497 e. The first kappa shape index (κ1) is 13.1. The quantitative estimate of drug-likeness (QED) is 0.908. The molecule has 2 aromatic heterocycles. The van der Waals surface area contributed by atoms with Crippen molar-refractivity contribution < 1.29 is 4.74 Å². The molecule has 0 radical (unpaired) electrons. The molecule has 0 unspecified atom stereocenters. The number of hydrogen-bond acceptors (Lipinski definition) is 5. The highest BCUT2D eigenvalue weighted by Crippen LogP contribution is 2.22. The van der Waals surface area contributed by atoms with Crippen LogP contribution in [-0.4, -0.2) is 24.1 Å². The van der Waals surface area contributed by atoms with E-state index in [1.807, 2.05) is 37.1 Å². The maximum absolute atomic E-state index is 5.91. The lowest BCUT2D eigenvalue weighted by Gasteiger charge is -2.20. The van der Waals surface area contributed by atoms with E-state index in [0.717, 1.165) is 22.8 Å². The van der Waals surface area contributed by atoms with Crippen LogP contribution in [-0.2, 0) is 6.54 Å². The van der Waals surface area contributed by atoms with Crippen molar-refractivity contribution in [2.75, 3.05) is 24.8 Å². The Morgan fingerprint density at radius 2 is 2.16 bits per heavy atom. The number of methoxy groups -OCH3 is 1. The molecule has 0 aliphatic rings. The molecule has 2 aromatic rings. The fraction of sp³-hybridized carbons (Fsp3) is 0.286. The van der Waals surface area contributed by atoms with Crippen LogP contribution in [0, 0.1) is 6.92 Å². The van der Waals surface area contributed by atoms with Gasteiger partial charge >= 0.3 is 0 Å². The van der Waals surface area contributed by atoms with Gasteiger partial charge in [0.1, 0.15) is 5.75 Å². The highest BCUT2D eigenvalue weighted by molar-refractivity contribution is 5.65. The first-order valence-electron chi connectivity index (χ1n) is 6.02. The van der Waals surface area contributed by atoms with Crippen molar-refractivity contribution in [2.45, 2.75) is 13.5 Å². The molecule has 5 nitrogen and oxygen atoms in total. The van der Waals surface area contributed by atoms with Crippen LogP contribution in [0.25, 0.3) is 0 Å². The van der Waals surface area contributed by atoms with E-state index in [0.29, 0.717) is 12.2 Å². The van der Waals surface area contributed by atoms with Crippen molar-refractivity contribution in [1.29, 1.82) is 0 Å². The molecule has 0 spiro atoms. The third kappa shape index (κ3) is 3.13. The van der Waals surface area contributed by atoms with Gasteiger partial charge in [0, 0.05) is 31.1 Å². The Hall–Kier alpha value is -2.30. The summed E-state index contributed by atoms with van der Waals surface area (Å²) in [5.74, 6) is 0.818. The van der Waals surface area contributed by atoms with Gasteiger partial charge in [-0.15, -0.1) is 0 Å². The molecule has 19 heavy (non-hydrogen) atoms. The predicted octanol–water partition coefficient (Wildman–Crippen LogP) is 2.01. The highest BCUT2D eigenvalue weighted by Gasteiger charge is 2.08. The summed E-state index contributed by atoms with van der Waals surface area (Å²) in [5, 5.41) is 0. The first-order valence-corrected chi connectivity index (χ1v) is 6.02. The van der Waals surface area contributed by atoms with E-state index in [1.165, 1.54) is 0 Å². The number of aryl methyl sites for hydroxylation is 1. The van der Waals surface area contributed by atoms with Crippen LogP contribution in [0.15, 0.2) is 30.6 Å². The van der Waals surface area contributed by atoms with Crippen LogP contribution >= 0.6 is 0 Å². The molecular formula is C14H18N4O. The lowest BCUT2D eigenvalue weighted by atomic mass is 10.2. The second kappa shape index (κ2) is 5.56. The number of anilines is 2. The molecule has 0 aliphatic heterocycles. The van der Waals surface area contributed by atoms with E-state index in [4.69, 9.17) is 10.5 Å². The van der Waals surface area contributed by atoms with E-state index < -0.39 is 0 Å². The fourth-order valence-electron chi connectivity index (χ4n) is 1.98. The van der Waals surface area contributed by atoms with Gasteiger partial charge in [0.25, 0.3) is 0 Å². The Morgan fingerprint density at radius 1 is 1.37 bits per heavy atom. The van der Waals surface area contributed by atoms with Crippen LogP contribution < -0.4 is 15.4 Å². The fourth-order valence-corrected chi connectivity index (χ4v) is 1.98. The van der Waals surface area contributed by atoms with E-state index in [1.54, 1.807) is 19.5 Å². The number of pyridine rings is 2. The normalized spacial score (nSPS) is 10.3. The van der Waals surface area contributed by atoms with Crippen LogP contribution in [0.2, 0.25) is 0 Å². The molecule has 100 valence electrons. The second-order valence-corrected chi connectivity index (χ2v) is 4.43. The maximum atomic E-state index is 5.91. The summed E-state index contributed by atoms with van der Waals surface area (Å²) in [6, 6.07) is 5.73. The summed E-state index contributed by atoms with van der Waals surface area (Å²) < 4.78 is 5.25. The summed E-state index contributed by atoms with van der Waals surface area (Å²) in [4.78, 5) is 10.5. The molecule has 0 bridgehead atoms. The van der Waals surface area contributed by atoms with E-state index >= 15 is 0 Å². The van der Waals surface area contributed by atoms with Gasteiger partial charge in [-0.1, -0.05) is 0 Å². The smallest absolute Gasteiger partial charge is 0.122 e. The minimum Gasteiger partial charge on any atom is -0.497 e. The van der Waals surface area contributed by atoms with Gasteiger partial charge in [0.15, 0.2) is 0 Å². The van der Waals surface area contributed by atoms with Crippen molar-refractivity contribution in [1.82, 2.24) is 9.97 Å². The van der Waals surface area contributed by atoms with Crippen molar-refractivity contribution in [3.8, 4) is 5.75 Å². The number of aromatic nitrogens is 2. The number of nitrogens with two attached hydrogens (primary N) is 1. The third-order valence-corrected chi connectivity index (χ3v) is 2.85. The summed E-state index contributed by atoms with van der Waals surface area (Å²) >= 11 is 0. The maximum Gasteiger partial charge on any atom is 0.122 e. The average molecular weight is 258 g/mol. The molecule has 0 fully saturated rings. The summed E-state index contributed by atoms with van der Waals surface area (Å²) in [7, 11) is 3.63. The molecule has 2 rings (SSSR count). The minimum atomic E-state index is 0.657. The lowest BCUT2D eigenvalue weighted by molar-refractivity contribution is 0.413. The van der Waals surface area contributed by atoms with E-state index in [2.05, 4.69) is 9.97 Å². The Kier molecular flexibility index (Phi) is 3.85. The van der Waals surface area contributed by atoms with Gasteiger partial charge in [-0.25, -0.2) is 0 Å². The van der Waals surface area contributed by atoms with Crippen molar-refractivity contribution in [2.24, 2.45) is 0 Å². The molecule has 2 N–H and O–H groups in total. The topological polar surface area (TPSA) is 64.3 Å². The molecule has 0 amide bonds. The van der Waals surface area contributed by atoms with Crippen molar-refractivity contribution >= 4 is 11.4 Å². The van der Waals surface area contributed by atoms with Gasteiger partial charge < -0.3 is 15.4 Å². The van der Waals surface area contributed by atoms with Gasteiger partial charge in [0.2, 0.25) is 0 Å². The SMILES string of the molecule is COc1cc(C)nc(CN(C)c2ccncc2N)c1. The monoisotopic (exact) mass is 258 g/mol. The number of rotatable bonds is 4. The number of nitrogen functional groups attached to an aromatic ring is 1. The van der Waals surface area contributed by atoms with Crippen LogP contribution in [0.1, 0.15) is 11.4 Å². The zero-order valence-corrected chi connectivity index (χ0v) is 11.4. The standard InChI is InChI=1S/C14H18N4O/c1-10-6-12(19-3)7-11(17-10)9-18(2)14-4-5-16-8-13(14)15/h4-8H,9,15H2,1-3H3. The molecule has 0 saturated carbocycles. The van der Waals surface area contributed by atoms with E-state index in [9.17, 15) is 0 Å². The molecule has 0 saturated heterocycles. The van der Waals surface area contributed by atoms with Crippen molar-refractivity contribution in [3.05, 3.63) is 42.0 Å². The Morgan fingerprint density at radius 3 is 2.84 bits per heavy atom. The summed E-state index contributed by atoms with van der Waals surface area (Å²) in [6.07, 6.45) is 3.38. The van der Waals surface area contributed by atoms with Crippen LogP contribution in [0.4, 0.5) is 11.4 Å². The summed E-state index contributed by atoms with van der Waals surface area (Å²) in [5.41, 5.74) is 9.39. The number of ether oxygens (including phenoxy) is 1. The summed E-state index contributed by atoms with van der Waals surface area (Å²) in [6.45, 7) is 2.61.